The van der Waals surface area contributed by atoms with Crippen LogP contribution in [0, 0.1) is 26.7 Å². The van der Waals surface area contributed by atoms with E-state index in [-0.39, 0.29) is 11.9 Å². The predicted molar refractivity (Wildman–Crippen MR) is 148 cm³/mol. The Labute approximate surface area is 218 Å². The van der Waals surface area contributed by atoms with Crippen LogP contribution in [0.1, 0.15) is 62.1 Å². The number of aryl methyl sites for hydroxylation is 2. The number of amides is 1. The summed E-state index contributed by atoms with van der Waals surface area (Å²) in [5.41, 5.74) is 6.42. The average molecular weight is 499 g/mol. The van der Waals surface area contributed by atoms with Crippen LogP contribution in [-0.2, 0) is 6.42 Å². The van der Waals surface area contributed by atoms with Crippen molar-refractivity contribution in [3.8, 4) is 0 Å². The van der Waals surface area contributed by atoms with E-state index < -0.39 is 0 Å². The minimum atomic E-state index is -0.202. The zero-order valence-electron chi connectivity index (χ0n) is 21.3. The summed E-state index contributed by atoms with van der Waals surface area (Å²) < 4.78 is 5.36. The highest BCUT2D eigenvalue weighted by Crippen LogP contribution is 2.43. The number of furan rings is 1. The third-order valence-electron chi connectivity index (χ3n) is 7.45. The van der Waals surface area contributed by atoms with Gasteiger partial charge in [0.05, 0.1) is 12.3 Å². The monoisotopic (exact) mass is 498 g/mol. The number of thiophene rings is 1. The molecule has 4 aromatic rings. The second kappa shape index (κ2) is 10.9. The smallest absolute Gasteiger partial charge is 0.291 e. The summed E-state index contributed by atoms with van der Waals surface area (Å²) in [5, 5.41) is 4.10. The van der Waals surface area contributed by atoms with Crippen LogP contribution in [0.3, 0.4) is 0 Å². The summed E-state index contributed by atoms with van der Waals surface area (Å²) in [6.07, 6.45) is 5.03. The van der Waals surface area contributed by atoms with Crippen molar-refractivity contribution in [2.24, 2.45) is 5.92 Å². The summed E-state index contributed by atoms with van der Waals surface area (Å²) in [5.74, 6) is 0.829. The molecule has 1 amide bonds. The number of carbonyl (C=O) groups excluding carboxylic acids is 1. The number of hydrogen-bond donors (Lipinski definition) is 1. The third-order valence-corrected chi connectivity index (χ3v) is 8.59. The maximum absolute atomic E-state index is 12.9. The zero-order valence-corrected chi connectivity index (χ0v) is 22.1. The lowest BCUT2D eigenvalue weighted by atomic mass is 9.87. The molecule has 2 aromatic heterocycles. The van der Waals surface area contributed by atoms with Gasteiger partial charge >= 0.3 is 0 Å². The number of carbonyl (C=O) groups is 1. The van der Waals surface area contributed by atoms with Gasteiger partial charge in [0.15, 0.2) is 5.76 Å². The predicted octanol–water partition coefficient (Wildman–Crippen LogP) is 7.56. The van der Waals surface area contributed by atoms with Gasteiger partial charge in [0.1, 0.15) is 5.00 Å². The molecule has 36 heavy (non-hydrogen) atoms. The fourth-order valence-electron chi connectivity index (χ4n) is 5.31. The van der Waals surface area contributed by atoms with E-state index in [1.807, 2.05) is 0 Å². The highest BCUT2D eigenvalue weighted by atomic mass is 32.1. The first-order valence-corrected chi connectivity index (χ1v) is 13.6. The molecule has 186 valence electrons. The second-order valence-corrected chi connectivity index (χ2v) is 11.2. The van der Waals surface area contributed by atoms with E-state index in [0.717, 1.165) is 24.5 Å². The van der Waals surface area contributed by atoms with E-state index in [1.165, 1.54) is 51.8 Å². The molecular weight excluding hydrogens is 464 g/mol. The van der Waals surface area contributed by atoms with Crippen LogP contribution < -0.4 is 5.32 Å². The number of piperidine rings is 1. The fourth-order valence-corrected chi connectivity index (χ4v) is 6.40. The van der Waals surface area contributed by atoms with Crippen molar-refractivity contribution in [3.63, 3.8) is 0 Å². The van der Waals surface area contributed by atoms with E-state index in [9.17, 15) is 4.79 Å². The van der Waals surface area contributed by atoms with Crippen LogP contribution in [0.4, 0.5) is 5.00 Å². The lowest BCUT2D eigenvalue weighted by Gasteiger charge is -2.38. The van der Waals surface area contributed by atoms with Crippen molar-refractivity contribution in [2.45, 2.75) is 46.1 Å². The first-order valence-electron chi connectivity index (χ1n) is 12.8. The van der Waals surface area contributed by atoms with Crippen molar-refractivity contribution in [1.29, 1.82) is 0 Å². The fraction of sp³-hybridized carbons (Fsp3) is 0.323. The third kappa shape index (κ3) is 5.32. The SMILES string of the molecule is Cc1ccc(C(c2c(NC(=O)c3ccco3)sc(C)c2C)N2CCC(Cc3ccccc3)CC2)cc1. The summed E-state index contributed by atoms with van der Waals surface area (Å²) in [6, 6.07) is 23.3. The standard InChI is InChI=1S/C31H34N2O2S/c1-21-11-13-26(14-12-21)29(33-17-15-25(16-18-33)20-24-8-5-4-6-9-24)28-22(2)23(3)36-31(28)32-30(34)27-10-7-19-35-27/h4-14,19,25,29H,15-18,20H2,1-3H3,(H,32,34). The Kier molecular flexibility index (Phi) is 7.40. The largest absolute Gasteiger partial charge is 0.459 e. The summed E-state index contributed by atoms with van der Waals surface area (Å²) in [4.78, 5) is 16.8. The molecule has 1 fully saturated rings. The number of hydrogen-bond acceptors (Lipinski definition) is 4. The Balaban J connectivity index is 1.44. The average Bonchev–Trinajstić information content (AvgIpc) is 3.52. The molecule has 0 spiro atoms. The molecule has 2 aromatic carbocycles. The molecule has 0 saturated carbocycles. The number of anilines is 1. The van der Waals surface area contributed by atoms with E-state index >= 15 is 0 Å². The summed E-state index contributed by atoms with van der Waals surface area (Å²) in [7, 11) is 0. The van der Waals surface area contributed by atoms with Gasteiger partial charge < -0.3 is 9.73 Å². The van der Waals surface area contributed by atoms with Gasteiger partial charge in [0, 0.05) is 10.4 Å². The van der Waals surface area contributed by atoms with Crippen LogP contribution in [0.25, 0.3) is 0 Å². The molecule has 1 saturated heterocycles. The Bertz CT molecular complexity index is 1280. The first-order chi connectivity index (χ1) is 17.5. The van der Waals surface area contributed by atoms with Crippen LogP contribution >= 0.6 is 11.3 Å². The van der Waals surface area contributed by atoms with Gasteiger partial charge in [-0.1, -0.05) is 60.2 Å². The summed E-state index contributed by atoms with van der Waals surface area (Å²) >= 11 is 1.66. The van der Waals surface area contributed by atoms with E-state index in [4.69, 9.17) is 4.42 Å². The van der Waals surface area contributed by atoms with E-state index in [1.54, 1.807) is 23.5 Å². The quantitative estimate of drug-likeness (QED) is 0.286. The van der Waals surface area contributed by atoms with Crippen LogP contribution in [0.15, 0.2) is 77.4 Å². The second-order valence-electron chi connectivity index (χ2n) is 9.94. The minimum Gasteiger partial charge on any atom is -0.459 e. The molecule has 1 N–H and O–H groups in total. The molecule has 1 aliphatic heterocycles. The number of rotatable bonds is 7. The normalized spacial score (nSPS) is 15.6. The molecule has 4 nitrogen and oxygen atoms in total. The molecule has 1 aliphatic rings. The number of nitrogens with one attached hydrogen (secondary N) is 1. The molecule has 5 heteroatoms. The van der Waals surface area contributed by atoms with Crippen molar-refractivity contribution in [1.82, 2.24) is 4.90 Å². The zero-order chi connectivity index (χ0) is 25.1. The van der Waals surface area contributed by atoms with Gasteiger partial charge in [0.25, 0.3) is 5.91 Å². The topological polar surface area (TPSA) is 45.5 Å². The summed E-state index contributed by atoms with van der Waals surface area (Å²) in [6.45, 7) is 8.53. The van der Waals surface area contributed by atoms with Gasteiger partial charge in [-0.25, -0.2) is 0 Å². The Morgan fingerprint density at radius 1 is 1.00 bits per heavy atom. The van der Waals surface area contributed by atoms with Crippen LogP contribution in [-0.4, -0.2) is 23.9 Å². The highest BCUT2D eigenvalue weighted by molar-refractivity contribution is 7.16. The maximum Gasteiger partial charge on any atom is 0.291 e. The van der Waals surface area contributed by atoms with E-state index in [2.05, 4.69) is 85.6 Å². The number of benzene rings is 2. The molecule has 0 radical (unpaired) electrons. The van der Waals surface area contributed by atoms with Gasteiger partial charge in [-0.15, -0.1) is 11.3 Å². The van der Waals surface area contributed by atoms with Crippen LogP contribution in [0.5, 0.6) is 0 Å². The number of nitrogens with zero attached hydrogens (tertiary/aromatic N) is 1. The number of likely N-dealkylation sites (tertiary alicyclic amines) is 1. The Hall–Kier alpha value is -3.15. The molecule has 1 unspecified atom stereocenters. The molecule has 1 atom stereocenters. The van der Waals surface area contributed by atoms with Gasteiger partial charge in [0.2, 0.25) is 0 Å². The van der Waals surface area contributed by atoms with Gasteiger partial charge in [-0.3, -0.25) is 9.69 Å². The molecule has 5 rings (SSSR count). The van der Waals surface area contributed by atoms with Crippen molar-refractivity contribution >= 4 is 22.2 Å². The minimum absolute atomic E-state index is 0.0973. The molecule has 3 heterocycles. The maximum atomic E-state index is 12.9. The Morgan fingerprint density at radius 3 is 2.39 bits per heavy atom. The highest BCUT2D eigenvalue weighted by Gasteiger charge is 2.32. The van der Waals surface area contributed by atoms with Gasteiger partial charge in [-0.05, 0) is 87.9 Å². The van der Waals surface area contributed by atoms with Crippen LogP contribution in [0.2, 0.25) is 0 Å². The van der Waals surface area contributed by atoms with Crippen molar-refractivity contribution < 1.29 is 9.21 Å². The Morgan fingerprint density at radius 2 is 1.72 bits per heavy atom. The lowest BCUT2D eigenvalue weighted by molar-refractivity contribution is 0.0996. The molecule has 0 bridgehead atoms. The lowest BCUT2D eigenvalue weighted by Crippen LogP contribution is -2.38. The van der Waals surface area contributed by atoms with Crippen molar-refractivity contribution in [2.75, 3.05) is 18.4 Å². The van der Waals surface area contributed by atoms with E-state index in [0.29, 0.717) is 11.7 Å². The van der Waals surface area contributed by atoms with Gasteiger partial charge in [-0.2, -0.15) is 0 Å². The first kappa shape index (κ1) is 24.5. The molecule has 0 aliphatic carbocycles. The molecular formula is C31H34N2O2S. The van der Waals surface area contributed by atoms with Crippen molar-refractivity contribution in [3.05, 3.63) is 111 Å².